The van der Waals surface area contributed by atoms with Crippen molar-refractivity contribution in [3.63, 3.8) is 0 Å². The van der Waals surface area contributed by atoms with E-state index in [1.165, 1.54) is 12.0 Å². The molecule has 0 radical (unpaired) electrons. The Kier molecular flexibility index (Phi) is 4.09. The number of carboxylic acid groups (broad SMARTS) is 1. The zero-order valence-electron chi connectivity index (χ0n) is 12.7. The summed E-state index contributed by atoms with van der Waals surface area (Å²) in [5, 5.41) is 9.55. The van der Waals surface area contributed by atoms with Crippen LogP contribution in [0.5, 0.6) is 0 Å². The van der Waals surface area contributed by atoms with Gasteiger partial charge in [-0.25, -0.2) is 9.78 Å². The normalized spacial score (nSPS) is 14.9. The number of hydrogen-bond acceptors (Lipinski definition) is 3. The zero-order chi connectivity index (χ0) is 15.5. The first-order valence-electron chi connectivity index (χ1n) is 7.70. The molecule has 0 saturated carbocycles. The number of aryl methyl sites for hydroxylation is 1. The van der Waals surface area contributed by atoms with Crippen LogP contribution in [0.1, 0.15) is 35.2 Å². The summed E-state index contributed by atoms with van der Waals surface area (Å²) in [7, 11) is 0. The van der Waals surface area contributed by atoms with Crippen LogP contribution in [0, 0.1) is 6.92 Å². The van der Waals surface area contributed by atoms with Crippen molar-refractivity contribution in [1.29, 1.82) is 0 Å². The SMILES string of the molecule is Cc1ccc(-c2cnc(N3CCCCC3)c(C(=O)O)c2)cc1. The van der Waals surface area contributed by atoms with Crippen LogP contribution in [0.3, 0.4) is 0 Å². The number of hydrogen-bond donors (Lipinski definition) is 1. The van der Waals surface area contributed by atoms with Crippen molar-refractivity contribution in [3.05, 3.63) is 47.7 Å². The number of pyridine rings is 1. The Labute approximate surface area is 130 Å². The second-order valence-electron chi connectivity index (χ2n) is 5.81. The molecular formula is C18H20N2O2. The minimum Gasteiger partial charge on any atom is -0.478 e. The van der Waals surface area contributed by atoms with Gasteiger partial charge in [0.2, 0.25) is 0 Å². The first-order chi connectivity index (χ1) is 10.6. The third kappa shape index (κ3) is 2.96. The summed E-state index contributed by atoms with van der Waals surface area (Å²) < 4.78 is 0. The number of benzene rings is 1. The van der Waals surface area contributed by atoms with Crippen LogP contribution in [0.15, 0.2) is 36.5 Å². The third-order valence-corrected chi connectivity index (χ3v) is 4.14. The van der Waals surface area contributed by atoms with Crippen molar-refractivity contribution in [1.82, 2.24) is 4.98 Å². The fourth-order valence-electron chi connectivity index (χ4n) is 2.88. The van der Waals surface area contributed by atoms with Crippen LogP contribution >= 0.6 is 0 Å². The van der Waals surface area contributed by atoms with Gasteiger partial charge in [0.15, 0.2) is 0 Å². The van der Waals surface area contributed by atoms with E-state index < -0.39 is 5.97 Å². The Balaban J connectivity index is 1.99. The summed E-state index contributed by atoms with van der Waals surface area (Å²) in [6.45, 7) is 3.80. The van der Waals surface area contributed by atoms with E-state index in [1.54, 1.807) is 12.3 Å². The first-order valence-corrected chi connectivity index (χ1v) is 7.70. The maximum absolute atomic E-state index is 11.6. The van der Waals surface area contributed by atoms with Crippen LogP contribution in [0.2, 0.25) is 0 Å². The van der Waals surface area contributed by atoms with Crippen molar-refractivity contribution >= 4 is 11.8 Å². The first kappa shape index (κ1) is 14.6. The number of nitrogens with zero attached hydrogens (tertiary/aromatic N) is 2. The molecule has 1 aromatic heterocycles. The fourth-order valence-corrected chi connectivity index (χ4v) is 2.88. The van der Waals surface area contributed by atoms with E-state index in [1.807, 2.05) is 31.2 Å². The molecule has 2 heterocycles. The molecule has 0 spiro atoms. The van der Waals surface area contributed by atoms with Gasteiger partial charge < -0.3 is 10.0 Å². The average Bonchev–Trinajstić information content (AvgIpc) is 2.56. The average molecular weight is 296 g/mol. The standard InChI is InChI=1S/C18H20N2O2/c1-13-5-7-14(8-6-13)15-11-16(18(21)22)17(19-12-15)20-9-3-2-4-10-20/h5-8,11-12H,2-4,9-10H2,1H3,(H,21,22). The molecule has 1 fully saturated rings. The molecular weight excluding hydrogens is 276 g/mol. The van der Waals surface area contributed by atoms with E-state index in [0.717, 1.165) is 37.1 Å². The number of carbonyl (C=O) groups is 1. The molecule has 0 amide bonds. The van der Waals surface area contributed by atoms with Gasteiger partial charge in [0, 0.05) is 24.8 Å². The lowest BCUT2D eigenvalue weighted by atomic mass is 10.0. The van der Waals surface area contributed by atoms with Gasteiger partial charge in [-0.15, -0.1) is 0 Å². The van der Waals surface area contributed by atoms with E-state index in [9.17, 15) is 9.90 Å². The Morgan fingerprint density at radius 2 is 1.77 bits per heavy atom. The van der Waals surface area contributed by atoms with Crippen LogP contribution in [-0.2, 0) is 0 Å². The molecule has 0 aliphatic carbocycles. The summed E-state index contributed by atoms with van der Waals surface area (Å²) >= 11 is 0. The highest BCUT2D eigenvalue weighted by atomic mass is 16.4. The summed E-state index contributed by atoms with van der Waals surface area (Å²) in [5.41, 5.74) is 3.31. The Morgan fingerprint density at radius 1 is 1.09 bits per heavy atom. The van der Waals surface area contributed by atoms with E-state index in [-0.39, 0.29) is 0 Å². The summed E-state index contributed by atoms with van der Waals surface area (Å²) in [6.07, 6.45) is 5.18. The molecule has 1 N–H and O–H groups in total. The summed E-state index contributed by atoms with van der Waals surface area (Å²) in [6, 6.07) is 9.78. The van der Waals surface area contributed by atoms with Gasteiger partial charge in [-0.1, -0.05) is 29.8 Å². The van der Waals surface area contributed by atoms with Gasteiger partial charge in [-0.3, -0.25) is 0 Å². The second kappa shape index (κ2) is 6.18. The molecule has 1 aromatic carbocycles. The molecule has 1 aliphatic heterocycles. The van der Waals surface area contributed by atoms with Gasteiger partial charge in [0.05, 0.1) is 0 Å². The predicted octanol–water partition coefficient (Wildman–Crippen LogP) is 3.75. The molecule has 1 aliphatic rings. The molecule has 0 bridgehead atoms. The van der Waals surface area contributed by atoms with E-state index in [2.05, 4.69) is 9.88 Å². The smallest absolute Gasteiger partial charge is 0.339 e. The lowest BCUT2D eigenvalue weighted by Crippen LogP contribution is -2.31. The highest BCUT2D eigenvalue weighted by molar-refractivity contribution is 5.95. The Hall–Kier alpha value is -2.36. The van der Waals surface area contributed by atoms with Crippen LogP contribution in [-0.4, -0.2) is 29.1 Å². The molecule has 2 aromatic rings. The van der Waals surface area contributed by atoms with Crippen LogP contribution < -0.4 is 4.90 Å². The van der Waals surface area contributed by atoms with Crippen LogP contribution in [0.25, 0.3) is 11.1 Å². The van der Waals surface area contributed by atoms with Gasteiger partial charge in [0.25, 0.3) is 0 Å². The lowest BCUT2D eigenvalue weighted by molar-refractivity contribution is 0.0697. The maximum Gasteiger partial charge on any atom is 0.339 e. The number of aromatic nitrogens is 1. The molecule has 1 saturated heterocycles. The van der Waals surface area contributed by atoms with E-state index >= 15 is 0 Å². The largest absolute Gasteiger partial charge is 0.478 e. The fraction of sp³-hybridized carbons (Fsp3) is 0.333. The molecule has 0 unspecified atom stereocenters. The molecule has 114 valence electrons. The molecule has 3 rings (SSSR count). The number of rotatable bonds is 3. The molecule has 22 heavy (non-hydrogen) atoms. The molecule has 4 heteroatoms. The maximum atomic E-state index is 11.6. The highest BCUT2D eigenvalue weighted by Gasteiger charge is 2.20. The topological polar surface area (TPSA) is 53.4 Å². The van der Waals surface area contributed by atoms with Crippen molar-refractivity contribution in [3.8, 4) is 11.1 Å². The number of piperidine rings is 1. The summed E-state index contributed by atoms with van der Waals surface area (Å²) in [5.74, 6) is -0.315. The number of aromatic carboxylic acids is 1. The minimum atomic E-state index is -0.915. The highest BCUT2D eigenvalue weighted by Crippen LogP contribution is 2.27. The number of carboxylic acids is 1. The van der Waals surface area contributed by atoms with Crippen molar-refractivity contribution in [2.24, 2.45) is 0 Å². The predicted molar refractivity (Wildman–Crippen MR) is 87.4 cm³/mol. The van der Waals surface area contributed by atoms with Crippen molar-refractivity contribution < 1.29 is 9.90 Å². The summed E-state index contributed by atoms with van der Waals surface area (Å²) in [4.78, 5) is 18.2. The molecule has 4 nitrogen and oxygen atoms in total. The van der Waals surface area contributed by atoms with Crippen molar-refractivity contribution in [2.45, 2.75) is 26.2 Å². The van der Waals surface area contributed by atoms with Gasteiger partial charge >= 0.3 is 5.97 Å². The van der Waals surface area contributed by atoms with Gasteiger partial charge in [-0.2, -0.15) is 0 Å². The number of anilines is 1. The van der Waals surface area contributed by atoms with Crippen molar-refractivity contribution in [2.75, 3.05) is 18.0 Å². The third-order valence-electron chi connectivity index (χ3n) is 4.14. The Morgan fingerprint density at radius 3 is 2.41 bits per heavy atom. The van der Waals surface area contributed by atoms with Gasteiger partial charge in [-0.05, 0) is 37.8 Å². The Bertz CT molecular complexity index is 674. The lowest BCUT2D eigenvalue weighted by Gasteiger charge is -2.28. The van der Waals surface area contributed by atoms with Crippen LogP contribution in [0.4, 0.5) is 5.82 Å². The van der Waals surface area contributed by atoms with E-state index in [0.29, 0.717) is 11.4 Å². The second-order valence-corrected chi connectivity index (χ2v) is 5.81. The monoisotopic (exact) mass is 296 g/mol. The quantitative estimate of drug-likeness (QED) is 0.937. The zero-order valence-corrected chi connectivity index (χ0v) is 12.7. The molecule has 0 atom stereocenters. The van der Waals surface area contributed by atoms with E-state index in [4.69, 9.17) is 0 Å². The van der Waals surface area contributed by atoms with Gasteiger partial charge in [0.1, 0.15) is 11.4 Å². The minimum absolute atomic E-state index is 0.292.